The standard InChI is InChI=1S/C19H12F6N2S2/c1-9-8-27-15(28-9)12-11(17(20,21)19(24,25)18(12,22)23)13-16(27,2)29-14(26-13)10-6-4-3-5-7-10/h3-8H,1-2H3. The van der Waals surface area contributed by atoms with Crippen molar-refractivity contribution in [2.24, 2.45) is 4.99 Å². The van der Waals surface area contributed by atoms with Crippen molar-refractivity contribution in [1.29, 1.82) is 0 Å². The van der Waals surface area contributed by atoms with Gasteiger partial charge in [-0.2, -0.15) is 26.3 Å². The average molecular weight is 446 g/mol. The first-order valence-corrected chi connectivity index (χ1v) is 10.2. The van der Waals surface area contributed by atoms with Gasteiger partial charge in [-0.3, -0.25) is 0 Å². The molecule has 2 nitrogen and oxygen atoms in total. The van der Waals surface area contributed by atoms with Crippen molar-refractivity contribution in [3.8, 4) is 0 Å². The molecule has 4 aliphatic rings. The van der Waals surface area contributed by atoms with Gasteiger partial charge < -0.3 is 4.90 Å². The first-order chi connectivity index (χ1) is 13.4. The van der Waals surface area contributed by atoms with Gasteiger partial charge in [0.25, 0.3) is 0 Å². The van der Waals surface area contributed by atoms with Gasteiger partial charge in [-0.1, -0.05) is 53.9 Å². The minimum atomic E-state index is -5.55. The molecule has 0 N–H and O–H groups in total. The monoisotopic (exact) mass is 446 g/mol. The highest BCUT2D eigenvalue weighted by Crippen LogP contribution is 2.70. The smallest absolute Gasteiger partial charge is 0.320 e. The second-order valence-corrected chi connectivity index (χ2v) is 9.83. The number of nitrogens with zero attached hydrogens (tertiary/aromatic N) is 2. The molecule has 1 saturated carbocycles. The van der Waals surface area contributed by atoms with Crippen molar-refractivity contribution in [3.63, 3.8) is 0 Å². The highest BCUT2D eigenvalue weighted by molar-refractivity contribution is 8.16. The molecule has 152 valence electrons. The maximum absolute atomic E-state index is 14.8. The lowest BCUT2D eigenvalue weighted by Gasteiger charge is -2.40. The Kier molecular flexibility index (Phi) is 3.61. The number of fused-ring (bicyclic) bond motifs is 4. The summed E-state index contributed by atoms with van der Waals surface area (Å²) in [6, 6.07) is 8.59. The summed E-state index contributed by atoms with van der Waals surface area (Å²) in [6.45, 7) is 3.15. The zero-order valence-electron chi connectivity index (χ0n) is 14.9. The zero-order chi connectivity index (χ0) is 21.0. The molecule has 0 aromatic heterocycles. The molecule has 0 bridgehead atoms. The van der Waals surface area contributed by atoms with Crippen molar-refractivity contribution in [1.82, 2.24) is 4.90 Å². The van der Waals surface area contributed by atoms with Crippen LogP contribution in [0.25, 0.3) is 0 Å². The second kappa shape index (κ2) is 5.46. The first-order valence-electron chi connectivity index (χ1n) is 8.55. The number of benzene rings is 1. The van der Waals surface area contributed by atoms with Gasteiger partial charge in [0.15, 0.2) is 0 Å². The molecular formula is C19H12F6N2S2. The van der Waals surface area contributed by atoms with Crippen molar-refractivity contribution < 1.29 is 26.3 Å². The minimum Gasteiger partial charge on any atom is -0.320 e. The number of alkyl halides is 6. The SMILES string of the molecule is CC1=CN2C(=C3C(=C4N=C(c5ccccc5)SC42C)C(F)(F)C(F)(F)C3(F)F)S1. The number of rotatable bonds is 1. The molecule has 1 aromatic carbocycles. The van der Waals surface area contributed by atoms with Crippen LogP contribution in [-0.2, 0) is 0 Å². The molecule has 0 amide bonds. The van der Waals surface area contributed by atoms with Gasteiger partial charge in [0.2, 0.25) is 0 Å². The largest absolute Gasteiger partial charge is 0.380 e. The van der Waals surface area contributed by atoms with Crippen LogP contribution in [0.4, 0.5) is 26.3 Å². The van der Waals surface area contributed by atoms with E-state index in [0.29, 0.717) is 15.5 Å². The van der Waals surface area contributed by atoms with E-state index in [1.807, 2.05) is 0 Å². The Labute approximate surface area is 170 Å². The summed E-state index contributed by atoms with van der Waals surface area (Å²) >= 11 is 1.88. The van der Waals surface area contributed by atoms with Crippen LogP contribution < -0.4 is 0 Å². The normalized spacial score (nSPS) is 30.8. The van der Waals surface area contributed by atoms with Gasteiger partial charge in [0, 0.05) is 16.7 Å². The van der Waals surface area contributed by atoms with Crippen LogP contribution in [0.5, 0.6) is 0 Å². The number of hydrogen-bond donors (Lipinski definition) is 0. The van der Waals surface area contributed by atoms with Crippen molar-refractivity contribution in [3.05, 3.63) is 68.9 Å². The molecular weight excluding hydrogens is 434 g/mol. The van der Waals surface area contributed by atoms with Gasteiger partial charge in [0.1, 0.15) is 9.91 Å². The Hall–Kier alpha value is -1.81. The summed E-state index contributed by atoms with van der Waals surface area (Å²) in [5.41, 5.74) is -2.53. The van der Waals surface area contributed by atoms with Crippen LogP contribution in [0.15, 0.2) is 68.3 Å². The molecule has 1 aromatic rings. The molecule has 3 aliphatic heterocycles. The lowest BCUT2D eigenvalue weighted by atomic mass is 9.96. The predicted molar refractivity (Wildman–Crippen MR) is 101 cm³/mol. The average Bonchev–Trinajstić information content (AvgIpc) is 3.23. The molecule has 10 heteroatoms. The molecule has 1 unspecified atom stereocenters. The molecule has 3 heterocycles. The molecule has 0 spiro atoms. The second-order valence-electron chi connectivity index (χ2n) is 7.21. The third-order valence-electron chi connectivity index (χ3n) is 5.33. The Morgan fingerprint density at radius 2 is 1.55 bits per heavy atom. The van der Waals surface area contributed by atoms with Gasteiger partial charge >= 0.3 is 17.8 Å². The summed E-state index contributed by atoms with van der Waals surface area (Å²) < 4.78 is 87.5. The van der Waals surface area contributed by atoms with Gasteiger partial charge in [-0.15, -0.1) is 0 Å². The number of thioether (sulfide) groups is 2. The van der Waals surface area contributed by atoms with E-state index in [-0.39, 0.29) is 5.03 Å². The fourth-order valence-electron chi connectivity index (χ4n) is 3.91. The molecule has 29 heavy (non-hydrogen) atoms. The van der Waals surface area contributed by atoms with Crippen LogP contribution in [0.1, 0.15) is 19.4 Å². The zero-order valence-corrected chi connectivity index (χ0v) is 16.6. The summed E-state index contributed by atoms with van der Waals surface area (Å²) in [4.78, 5) is 4.77. The minimum absolute atomic E-state index is 0.289. The molecule has 1 atom stereocenters. The molecule has 1 aliphatic carbocycles. The third kappa shape index (κ3) is 2.11. The molecule has 1 fully saturated rings. The lowest BCUT2D eigenvalue weighted by Crippen LogP contribution is -2.47. The van der Waals surface area contributed by atoms with E-state index >= 15 is 0 Å². The number of aliphatic imine (C=N–C) groups is 1. The van der Waals surface area contributed by atoms with E-state index in [4.69, 9.17) is 0 Å². The van der Waals surface area contributed by atoms with Crippen molar-refractivity contribution >= 4 is 28.6 Å². The van der Waals surface area contributed by atoms with E-state index < -0.39 is 39.5 Å². The Balaban J connectivity index is 1.84. The van der Waals surface area contributed by atoms with E-state index in [1.54, 1.807) is 37.3 Å². The summed E-state index contributed by atoms with van der Waals surface area (Å²) in [5, 5.41) is 0.0242. The topological polar surface area (TPSA) is 15.6 Å². The third-order valence-corrected chi connectivity index (χ3v) is 7.66. The van der Waals surface area contributed by atoms with Crippen LogP contribution in [0.2, 0.25) is 0 Å². The summed E-state index contributed by atoms with van der Waals surface area (Å²) in [7, 11) is 0. The van der Waals surface area contributed by atoms with Crippen LogP contribution >= 0.6 is 23.5 Å². The Bertz CT molecular complexity index is 1070. The van der Waals surface area contributed by atoms with Gasteiger partial charge in [-0.25, -0.2) is 4.99 Å². The Morgan fingerprint density at radius 1 is 0.931 bits per heavy atom. The molecule has 5 rings (SSSR count). The van der Waals surface area contributed by atoms with E-state index in [1.165, 1.54) is 18.0 Å². The van der Waals surface area contributed by atoms with Gasteiger partial charge in [0.05, 0.1) is 21.9 Å². The predicted octanol–water partition coefficient (Wildman–Crippen LogP) is 6.21. The lowest BCUT2D eigenvalue weighted by molar-refractivity contribution is -0.258. The van der Waals surface area contributed by atoms with Crippen LogP contribution in [0.3, 0.4) is 0 Å². The fourth-order valence-corrected chi connectivity index (χ4v) is 6.35. The van der Waals surface area contributed by atoms with E-state index in [0.717, 1.165) is 23.5 Å². The first kappa shape index (κ1) is 19.2. The molecule has 0 saturated heterocycles. The number of allylic oxidation sites excluding steroid dienone is 3. The quantitative estimate of drug-likeness (QED) is 0.478. The maximum atomic E-state index is 14.8. The van der Waals surface area contributed by atoms with Crippen LogP contribution in [-0.4, -0.2) is 32.6 Å². The maximum Gasteiger partial charge on any atom is 0.380 e. The molecule has 0 radical (unpaired) electrons. The highest BCUT2D eigenvalue weighted by atomic mass is 32.2. The Morgan fingerprint density at radius 3 is 2.21 bits per heavy atom. The number of halogens is 6. The number of hydrogen-bond acceptors (Lipinski definition) is 4. The van der Waals surface area contributed by atoms with Crippen molar-refractivity contribution in [2.75, 3.05) is 0 Å². The fraction of sp³-hybridized carbons (Fsp3) is 0.316. The van der Waals surface area contributed by atoms with Crippen molar-refractivity contribution in [2.45, 2.75) is 36.5 Å². The van der Waals surface area contributed by atoms with Crippen LogP contribution in [0, 0.1) is 0 Å². The van der Waals surface area contributed by atoms with Gasteiger partial charge in [-0.05, 0) is 13.8 Å². The summed E-state index contributed by atoms with van der Waals surface area (Å²) in [5.74, 6) is -15.6. The summed E-state index contributed by atoms with van der Waals surface area (Å²) in [6.07, 6.45) is 1.52. The van der Waals surface area contributed by atoms with E-state index in [2.05, 4.69) is 4.99 Å². The van der Waals surface area contributed by atoms with E-state index in [9.17, 15) is 26.3 Å². The highest BCUT2D eigenvalue weighted by Gasteiger charge is 2.84.